The van der Waals surface area contributed by atoms with Crippen molar-refractivity contribution in [2.24, 2.45) is 11.3 Å². The summed E-state index contributed by atoms with van der Waals surface area (Å²) in [7, 11) is -0.961. The molecule has 0 heterocycles. The molecule has 0 aromatic rings. The number of carbonyl (C=O) groups is 1. The minimum Gasteiger partial charge on any atom is -0.300 e. The van der Waals surface area contributed by atoms with Gasteiger partial charge in [0.25, 0.3) is 0 Å². The molecule has 2 atom stereocenters. The van der Waals surface area contributed by atoms with Gasteiger partial charge >= 0.3 is 0 Å². The van der Waals surface area contributed by atoms with Crippen molar-refractivity contribution >= 4 is 16.6 Å². The number of ketones is 1. The lowest BCUT2D eigenvalue weighted by Gasteiger charge is -2.29. The Hall–Kier alpha value is -0.440. The smallest absolute Gasteiger partial charge is 0.133 e. The van der Waals surface area contributed by atoms with Crippen LogP contribution in [0.3, 0.4) is 0 Å². The molecule has 0 aromatic carbocycles. The van der Waals surface area contributed by atoms with Crippen LogP contribution in [0.15, 0.2) is 11.0 Å². The van der Waals surface area contributed by atoms with E-state index in [9.17, 15) is 9.00 Å². The zero-order valence-electron chi connectivity index (χ0n) is 12.5. The first kappa shape index (κ1) is 15.6. The quantitative estimate of drug-likeness (QED) is 0.781. The Morgan fingerprint density at radius 1 is 1.28 bits per heavy atom. The predicted octanol–water partition coefficient (Wildman–Crippen LogP) is 3.83. The van der Waals surface area contributed by atoms with Crippen molar-refractivity contribution < 1.29 is 9.00 Å². The third-order valence-corrected chi connectivity index (χ3v) is 5.54. The summed E-state index contributed by atoms with van der Waals surface area (Å²) in [4.78, 5) is 12.3. The van der Waals surface area contributed by atoms with Crippen molar-refractivity contribution in [1.29, 1.82) is 0 Å². The molecule has 0 N–H and O–H groups in total. The van der Waals surface area contributed by atoms with E-state index in [0.717, 1.165) is 11.3 Å². The van der Waals surface area contributed by atoms with E-state index in [2.05, 4.69) is 19.9 Å². The number of rotatable bonds is 3. The fourth-order valence-corrected chi connectivity index (χ4v) is 4.00. The highest BCUT2D eigenvalue weighted by Crippen LogP contribution is 2.40. The molecule has 2 nitrogen and oxygen atoms in total. The van der Waals surface area contributed by atoms with Gasteiger partial charge in [0, 0.05) is 22.5 Å². The predicted molar refractivity (Wildman–Crippen MR) is 77.8 cm³/mol. The second-order valence-corrected chi connectivity index (χ2v) is 9.34. The molecule has 1 fully saturated rings. The van der Waals surface area contributed by atoms with Crippen molar-refractivity contribution in [3.63, 3.8) is 0 Å². The normalized spacial score (nSPS) is 24.4. The van der Waals surface area contributed by atoms with Crippen LogP contribution in [-0.4, -0.2) is 14.7 Å². The van der Waals surface area contributed by atoms with Gasteiger partial charge in [0.15, 0.2) is 0 Å². The van der Waals surface area contributed by atoms with Crippen molar-refractivity contribution in [2.45, 2.75) is 65.6 Å². The molecule has 0 bridgehead atoms. The van der Waals surface area contributed by atoms with Gasteiger partial charge in [-0.25, -0.2) is 0 Å². The number of allylic oxidation sites excluding steroid dienone is 2. The van der Waals surface area contributed by atoms with E-state index < -0.39 is 10.8 Å². The maximum atomic E-state index is 12.3. The van der Waals surface area contributed by atoms with Crippen LogP contribution in [0.2, 0.25) is 0 Å². The van der Waals surface area contributed by atoms with E-state index >= 15 is 0 Å². The SMILES string of the molecule is C/C(=C\C(C)(C)[C@H]1CCC(=O)C1)S(=O)C(C)(C)C. The lowest BCUT2D eigenvalue weighted by Crippen LogP contribution is -2.25. The highest BCUT2D eigenvalue weighted by Gasteiger charge is 2.34. The average molecular weight is 270 g/mol. The Morgan fingerprint density at radius 3 is 2.22 bits per heavy atom. The Bertz CT molecular complexity index is 386. The zero-order chi connectivity index (χ0) is 14.1. The first-order chi connectivity index (χ1) is 8.04. The molecule has 0 aliphatic heterocycles. The fourth-order valence-electron chi connectivity index (χ4n) is 2.63. The molecular formula is C15H26O2S. The largest absolute Gasteiger partial charge is 0.300 e. The van der Waals surface area contributed by atoms with Crippen LogP contribution < -0.4 is 0 Å². The lowest BCUT2D eigenvalue weighted by atomic mass is 9.77. The standard InChI is InChI=1S/C15H26O2S/c1-11(18(17)14(2,3)4)10-15(5,6)12-7-8-13(16)9-12/h10,12H,7-9H2,1-6H3/b11-10+/t12-,18?/m0/s1. The molecule has 0 saturated heterocycles. The third-order valence-electron chi connectivity index (χ3n) is 3.72. The van der Waals surface area contributed by atoms with E-state index in [4.69, 9.17) is 0 Å². The van der Waals surface area contributed by atoms with E-state index in [1.165, 1.54) is 0 Å². The Labute approximate surface area is 114 Å². The van der Waals surface area contributed by atoms with Crippen molar-refractivity contribution in [3.05, 3.63) is 11.0 Å². The van der Waals surface area contributed by atoms with Gasteiger partial charge < -0.3 is 0 Å². The van der Waals surface area contributed by atoms with Crippen LogP contribution in [0.1, 0.15) is 60.8 Å². The van der Waals surface area contributed by atoms with E-state index in [1.807, 2.05) is 27.7 Å². The lowest BCUT2D eigenvalue weighted by molar-refractivity contribution is -0.117. The highest BCUT2D eigenvalue weighted by atomic mass is 32.2. The first-order valence-electron chi connectivity index (χ1n) is 6.67. The van der Waals surface area contributed by atoms with Gasteiger partial charge in [-0.05, 0) is 45.4 Å². The van der Waals surface area contributed by atoms with Crippen molar-refractivity contribution in [1.82, 2.24) is 0 Å². The molecule has 1 rings (SSSR count). The molecule has 18 heavy (non-hydrogen) atoms. The molecule has 1 unspecified atom stereocenters. The number of carbonyl (C=O) groups excluding carboxylic acids is 1. The van der Waals surface area contributed by atoms with Crippen molar-refractivity contribution in [2.75, 3.05) is 0 Å². The third kappa shape index (κ3) is 3.78. The van der Waals surface area contributed by atoms with E-state index in [1.54, 1.807) is 0 Å². The molecule has 3 heteroatoms. The molecule has 1 aliphatic rings. The van der Waals surface area contributed by atoms with Crippen LogP contribution in [-0.2, 0) is 15.6 Å². The molecule has 104 valence electrons. The number of hydrogen-bond acceptors (Lipinski definition) is 2. The van der Waals surface area contributed by atoms with Crippen LogP contribution in [0.4, 0.5) is 0 Å². The van der Waals surface area contributed by atoms with Crippen LogP contribution in [0.5, 0.6) is 0 Å². The minimum atomic E-state index is -0.961. The van der Waals surface area contributed by atoms with Gasteiger partial charge in [0.05, 0.1) is 10.8 Å². The summed E-state index contributed by atoms with van der Waals surface area (Å²) in [6.07, 6.45) is 4.48. The molecular weight excluding hydrogens is 244 g/mol. The number of Topliss-reactive ketones (excluding diaryl/α,β-unsaturated/α-hetero) is 1. The summed E-state index contributed by atoms with van der Waals surface area (Å²) in [5.41, 5.74) is -0.0445. The highest BCUT2D eigenvalue weighted by molar-refractivity contribution is 7.90. The summed E-state index contributed by atoms with van der Waals surface area (Å²) >= 11 is 0. The number of hydrogen-bond donors (Lipinski definition) is 0. The molecule has 0 spiro atoms. The van der Waals surface area contributed by atoms with Crippen LogP contribution >= 0.6 is 0 Å². The minimum absolute atomic E-state index is 0.0445. The summed E-state index contributed by atoms with van der Waals surface area (Å²) in [6, 6.07) is 0. The second-order valence-electron chi connectivity index (χ2n) is 6.94. The summed E-state index contributed by atoms with van der Waals surface area (Å²) in [5.74, 6) is 0.771. The molecule has 0 amide bonds. The summed E-state index contributed by atoms with van der Waals surface area (Å²) in [5, 5.41) is 0. The van der Waals surface area contributed by atoms with Gasteiger partial charge in [-0.2, -0.15) is 0 Å². The van der Waals surface area contributed by atoms with Crippen LogP contribution in [0, 0.1) is 11.3 Å². The van der Waals surface area contributed by atoms with Crippen LogP contribution in [0.25, 0.3) is 0 Å². The van der Waals surface area contributed by atoms with Gasteiger partial charge in [0.2, 0.25) is 0 Å². The van der Waals surface area contributed by atoms with Gasteiger partial charge in [0.1, 0.15) is 5.78 Å². The van der Waals surface area contributed by atoms with Crippen molar-refractivity contribution in [3.8, 4) is 0 Å². The van der Waals surface area contributed by atoms with Gasteiger partial charge in [-0.1, -0.05) is 19.9 Å². The first-order valence-corrected chi connectivity index (χ1v) is 7.82. The summed E-state index contributed by atoms with van der Waals surface area (Å²) in [6.45, 7) is 12.2. The monoisotopic (exact) mass is 270 g/mol. The Balaban J connectivity index is 2.86. The van der Waals surface area contributed by atoms with Gasteiger partial charge in [-0.15, -0.1) is 0 Å². The zero-order valence-corrected chi connectivity index (χ0v) is 13.3. The Kier molecular flexibility index (Phi) is 4.58. The maximum Gasteiger partial charge on any atom is 0.133 e. The summed E-state index contributed by atoms with van der Waals surface area (Å²) < 4.78 is 12.1. The maximum absolute atomic E-state index is 12.3. The second kappa shape index (κ2) is 5.28. The topological polar surface area (TPSA) is 34.1 Å². The fraction of sp³-hybridized carbons (Fsp3) is 0.800. The Morgan fingerprint density at radius 2 is 1.83 bits per heavy atom. The molecule has 0 aromatic heterocycles. The van der Waals surface area contributed by atoms with E-state index in [0.29, 0.717) is 24.5 Å². The van der Waals surface area contributed by atoms with Gasteiger partial charge in [-0.3, -0.25) is 9.00 Å². The molecule has 0 radical (unpaired) electrons. The molecule has 1 saturated carbocycles. The molecule has 1 aliphatic carbocycles. The van der Waals surface area contributed by atoms with E-state index in [-0.39, 0.29) is 10.2 Å². The average Bonchev–Trinajstić information content (AvgIpc) is 2.62.